The van der Waals surface area contributed by atoms with Gasteiger partial charge in [-0.25, -0.2) is 5.01 Å². The van der Waals surface area contributed by atoms with Gasteiger partial charge in [0.1, 0.15) is 11.9 Å². The molecular weight excluding hydrogens is 517 g/mol. The van der Waals surface area contributed by atoms with E-state index >= 15 is 0 Å². The third kappa shape index (κ3) is 6.40. The van der Waals surface area contributed by atoms with E-state index in [0.717, 1.165) is 0 Å². The minimum absolute atomic E-state index is 0.0210. The van der Waals surface area contributed by atoms with Crippen LogP contribution in [0.15, 0.2) is 52.6 Å². The summed E-state index contributed by atoms with van der Waals surface area (Å²) in [6.45, 7) is 0.450. The van der Waals surface area contributed by atoms with Crippen molar-refractivity contribution in [3.05, 3.63) is 58.1 Å². The van der Waals surface area contributed by atoms with Crippen molar-refractivity contribution < 1.29 is 23.4 Å². The highest BCUT2D eigenvalue weighted by Crippen LogP contribution is 2.27. The van der Waals surface area contributed by atoms with E-state index < -0.39 is 24.7 Å². The van der Waals surface area contributed by atoms with E-state index in [1.807, 2.05) is 0 Å². The van der Waals surface area contributed by atoms with Crippen molar-refractivity contribution in [2.45, 2.75) is 32.6 Å². The molecule has 1 amide bonds. The number of guanidine groups is 1. The maximum absolute atomic E-state index is 12.8. The Morgan fingerprint density at radius 3 is 2.72 bits per heavy atom. The maximum atomic E-state index is 12.8. The zero-order chi connectivity index (χ0) is 26.4. The summed E-state index contributed by atoms with van der Waals surface area (Å²) < 4.78 is 29.6. The Bertz CT molecular complexity index is 1220. The third-order valence-corrected chi connectivity index (χ3v) is 5.92. The highest BCUT2D eigenvalue weighted by molar-refractivity contribution is 6.42. The number of rotatable bonds is 7. The van der Waals surface area contributed by atoms with Gasteiger partial charge in [0.15, 0.2) is 0 Å². The Hall–Kier alpha value is -3.46. The molecule has 36 heavy (non-hydrogen) atoms. The molecule has 0 radical (unpaired) electrons. The van der Waals surface area contributed by atoms with E-state index in [1.54, 1.807) is 37.4 Å². The standard InChI is InChI=1S/C23H22Cl2F2N6O3/c1-3-32(21(35)13(2)34)19-11-33(31-20(19)14-7-8-17(24)18(25)9-14)23(29-12-28)30-15-5-4-6-16(10-15)36-22(26)27/h4-10,13,19,22,34H,3,11H2,1-2H3,(H,29,30)/t13-,19?/m0/s1. The van der Waals surface area contributed by atoms with Gasteiger partial charge in [-0.2, -0.15) is 19.1 Å². The summed E-state index contributed by atoms with van der Waals surface area (Å²) in [5.74, 6) is -0.627. The van der Waals surface area contributed by atoms with Gasteiger partial charge in [-0.3, -0.25) is 4.79 Å². The van der Waals surface area contributed by atoms with Gasteiger partial charge in [0.25, 0.3) is 5.91 Å². The van der Waals surface area contributed by atoms with Crippen molar-refractivity contribution in [2.24, 2.45) is 10.1 Å². The highest BCUT2D eigenvalue weighted by Gasteiger charge is 2.37. The Labute approximate surface area is 216 Å². The molecule has 0 fully saturated rings. The van der Waals surface area contributed by atoms with Gasteiger partial charge in [0, 0.05) is 23.9 Å². The first-order valence-corrected chi connectivity index (χ1v) is 11.5. The van der Waals surface area contributed by atoms with E-state index in [9.17, 15) is 23.9 Å². The third-order valence-electron chi connectivity index (χ3n) is 5.18. The second kappa shape index (κ2) is 12.0. The lowest BCUT2D eigenvalue weighted by Crippen LogP contribution is -2.50. The van der Waals surface area contributed by atoms with Gasteiger partial charge in [0.2, 0.25) is 12.2 Å². The van der Waals surface area contributed by atoms with Crippen LogP contribution in [0.1, 0.15) is 19.4 Å². The summed E-state index contributed by atoms with van der Waals surface area (Å²) in [5.41, 5.74) is 1.30. The molecule has 1 heterocycles. The quantitative estimate of drug-likeness (QED) is 0.311. The van der Waals surface area contributed by atoms with Gasteiger partial charge in [-0.15, -0.1) is 4.99 Å². The molecule has 1 aliphatic heterocycles. The summed E-state index contributed by atoms with van der Waals surface area (Å²) in [5, 5.41) is 28.6. The van der Waals surface area contributed by atoms with Gasteiger partial charge in [-0.1, -0.05) is 35.3 Å². The molecule has 0 saturated carbocycles. The van der Waals surface area contributed by atoms with Crippen molar-refractivity contribution in [2.75, 3.05) is 18.4 Å². The topological polar surface area (TPSA) is 114 Å². The summed E-state index contributed by atoms with van der Waals surface area (Å²) in [6, 6.07) is 9.94. The number of benzene rings is 2. The number of hydrogen-bond donors (Lipinski definition) is 2. The molecule has 1 unspecified atom stereocenters. The SMILES string of the molecule is CCN(C(=O)[C@H](C)O)C1CN(/C(=N\C#N)Nc2cccc(OC(F)F)c2)N=C1c1ccc(Cl)c(Cl)c1. The zero-order valence-electron chi connectivity index (χ0n) is 19.2. The van der Waals surface area contributed by atoms with Crippen molar-refractivity contribution in [1.29, 1.82) is 5.26 Å². The molecule has 0 saturated heterocycles. The van der Waals surface area contributed by atoms with Crippen LogP contribution < -0.4 is 10.1 Å². The van der Waals surface area contributed by atoms with Crippen molar-refractivity contribution >= 4 is 46.5 Å². The first-order chi connectivity index (χ1) is 17.1. The van der Waals surface area contributed by atoms with Gasteiger partial charge in [0.05, 0.1) is 28.3 Å². The molecule has 13 heteroatoms. The Morgan fingerprint density at radius 1 is 1.36 bits per heavy atom. The monoisotopic (exact) mass is 538 g/mol. The van der Waals surface area contributed by atoms with E-state index in [-0.39, 0.29) is 29.8 Å². The van der Waals surface area contributed by atoms with Gasteiger partial charge < -0.3 is 20.1 Å². The van der Waals surface area contributed by atoms with Gasteiger partial charge >= 0.3 is 6.61 Å². The molecule has 9 nitrogen and oxygen atoms in total. The molecule has 0 spiro atoms. The Morgan fingerprint density at radius 2 is 2.11 bits per heavy atom. The van der Waals surface area contributed by atoms with E-state index in [0.29, 0.717) is 22.0 Å². The molecule has 3 rings (SSSR count). The number of halogens is 4. The van der Waals surface area contributed by atoms with Gasteiger partial charge in [-0.05, 0) is 38.1 Å². The maximum Gasteiger partial charge on any atom is 0.387 e. The van der Waals surface area contributed by atoms with E-state index in [2.05, 4.69) is 20.1 Å². The molecule has 2 aromatic rings. The number of carbonyl (C=O) groups excluding carboxylic acids is 1. The minimum atomic E-state index is -3.00. The van der Waals surface area contributed by atoms with Crippen LogP contribution >= 0.6 is 23.2 Å². The Kier molecular flexibility index (Phi) is 9.03. The normalized spacial score (nSPS) is 16.4. The van der Waals surface area contributed by atoms with Crippen LogP contribution in [0.25, 0.3) is 0 Å². The molecule has 0 aromatic heterocycles. The number of nitriles is 1. The van der Waals surface area contributed by atoms with Crippen LogP contribution in [-0.2, 0) is 4.79 Å². The number of amides is 1. The van der Waals surface area contributed by atoms with Crippen molar-refractivity contribution in [3.63, 3.8) is 0 Å². The fraction of sp³-hybridized carbons (Fsp3) is 0.304. The number of aliphatic hydroxyl groups is 1. The average Bonchev–Trinajstić information content (AvgIpc) is 3.26. The molecule has 190 valence electrons. The number of aliphatic imine (C=N–C) groups is 1. The summed E-state index contributed by atoms with van der Waals surface area (Å²) in [6.07, 6.45) is 0.433. The molecule has 1 aliphatic rings. The molecule has 2 aromatic carbocycles. The summed E-state index contributed by atoms with van der Waals surface area (Å²) >= 11 is 12.3. The number of alkyl halides is 2. The lowest BCUT2D eigenvalue weighted by molar-refractivity contribution is -0.140. The lowest BCUT2D eigenvalue weighted by atomic mass is 10.0. The smallest absolute Gasteiger partial charge is 0.387 e. The highest BCUT2D eigenvalue weighted by atomic mass is 35.5. The number of likely N-dealkylation sites (N-methyl/N-ethyl adjacent to an activating group) is 1. The second-order valence-corrected chi connectivity index (χ2v) is 8.39. The number of carbonyl (C=O) groups is 1. The fourth-order valence-electron chi connectivity index (χ4n) is 3.62. The number of hydrogen-bond acceptors (Lipinski definition) is 6. The molecule has 0 bridgehead atoms. The molecule has 0 aliphatic carbocycles. The Balaban J connectivity index is 2.00. The van der Waals surface area contributed by atoms with Crippen LogP contribution in [0.5, 0.6) is 5.75 Å². The van der Waals surface area contributed by atoms with E-state index in [4.69, 9.17) is 23.2 Å². The molecule has 2 atom stereocenters. The predicted molar refractivity (Wildman–Crippen MR) is 132 cm³/mol. The average molecular weight is 539 g/mol. The van der Waals surface area contributed by atoms with Crippen LogP contribution in [0.3, 0.4) is 0 Å². The fourth-order valence-corrected chi connectivity index (χ4v) is 3.92. The second-order valence-electron chi connectivity index (χ2n) is 7.58. The van der Waals surface area contributed by atoms with Crippen LogP contribution in [0.2, 0.25) is 10.0 Å². The number of ether oxygens (including phenoxy) is 1. The number of nitrogens with one attached hydrogen (secondary N) is 1. The number of aliphatic hydroxyl groups excluding tert-OH is 1. The van der Waals surface area contributed by atoms with Crippen LogP contribution in [-0.4, -0.2) is 64.4 Å². The predicted octanol–water partition coefficient (Wildman–Crippen LogP) is 4.16. The van der Waals surface area contributed by atoms with Crippen molar-refractivity contribution in [3.8, 4) is 11.9 Å². The van der Waals surface area contributed by atoms with Crippen LogP contribution in [0, 0.1) is 11.5 Å². The first-order valence-electron chi connectivity index (χ1n) is 10.7. The molecular formula is C23H22Cl2F2N6O3. The number of nitrogens with zero attached hydrogens (tertiary/aromatic N) is 5. The van der Waals surface area contributed by atoms with Crippen molar-refractivity contribution in [1.82, 2.24) is 9.91 Å². The molecule has 2 N–H and O–H groups in total. The number of hydrazone groups is 1. The summed E-state index contributed by atoms with van der Waals surface area (Å²) in [4.78, 5) is 18.0. The summed E-state index contributed by atoms with van der Waals surface area (Å²) in [7, 11) is 0. The minimum Gasteiger partial charge on any atom is -0.435 e. The van der Waals surface area contributed by atoms with Crippen LogP contribution in [0.4, 0.5) is 14.5 Å². The van der Waals surface area contributed by atoms with E-state index in [1.165, 1.54) is 35.0 Å². The lowest BCUT2D eigenvalue weighted by Gasteiger charge is -2.30. The number of anilines is 1. The first kappa shape index (κ1) is 27.1. The zero-order valence-corrected chi connectivity index (χ0v) is 20.7. The largest absolute Gasteiger partial charge is 0.435 e.